The van der Waals surface area contributed by atoms with Gasteiger partial charge in [-0.3, -0.25) is 0 Å². The Bertz CT molecular complexity index is 1020. The molecule has 3 saturated heterocycles. The van der Waals surface area contributed by atoms with Crippen LogP contribution in [0, 0.1) is 12.3 Å². The van der Waals surface area contributed by atoms with E-state index in [0.29, 0.717) is 17.9 Å². The predicted molar refractivity (Wildman–Crippen MR) is 121 cm³/mol. The van der Waals surface area contributed by atoms with Crippen molar-refractivity contribution in [3.05, 3.63) is 58.2 Å². The Kier molecular flexibility index (Phi) is 6.41. The summed E-state index contributed by atoms with van der Waals surface area (Å²) in [7, 11) is 1.50. The zero-order valence-electron chi connectivity index (χ0n) is 19.6. The highest BCUT2D eigenvalue weighted by molar-refractivity contribution is 5.52. The fraction of sp³-hybridized carbons (Fsp3) is 0.560. The first-order chi connectivity index (χ1) is 15.6. The largest absolute Gasteiger partial charge is 0.496 e. The topological polar surface area (TPSA) is 108 Å². The van der Waals surface area contributed by atoms with Crippen LogP contribution in [0.2, 0.25) is 0 Å². The molecule has 0 aliphatic carbocycles. The lowest BCUT2D eigenvalue weighted by Gasteiger charge is -2.39. The number of fused-ring (bicyclic) bond motifs is 3. The monoisotopic (exact) mass is 460 g/mol. The second kappa shape index (κ2) is 8.85. The second-order valence-electron chi connectivity index (χ2n) is 9.16. The van der Waals surface area contributed by atoms with E-state index in [9.17, 15) is 15.0 Å². The molecule has 180 valence electrons. The molecule has 4 rings (SSSR count). The van der Waals surface area contributed by atoms with E-state index < -0.39 is 47.3 Å². The van der Waals surface area contributed by atoms with Crippen LogP contribution in [-0.2, 0) is 14.2 Å². The molecule has 3 fully saturated rings. The number of methoxy groups -OCH3 is 1. The molecule has 0 saturated carbocycles. The number of aliphatic hydroxyl groups is 2. The third kappa shape index (κ3) is 3.80. The van der Waals surface area contributed by atoms with Crippen LogP contribution in [0.25, 0.3) is 6.08 Å². The Balaban J connectivity index is 1.41. The first-order valence-electron chi connectivity index (χ1n) is 11.2. The van der Waals surface area contributed by atoms with Crippen molar-refractivity contribution in [3.8, 4) is 5.75 Å². The van der Waals surface area contributed by atoms with E-state index in [1.54, 1.807) is 43.4 Å². The van der Waals surface area contributed by atoms with E-state index in [1.165, 1.54) is 13.2 Å². The second-order valence-corrected chi connectivity index (χ2v) is 9.16. The summed E-state index contributed by atoms with van der Waals surface area (Å²) in [5.74, 6) is 0.897. The van der Waals surface area contributed by atoms with Crippen LogP contribution in [-0.4, -0.2) is 59.7 Å². The Morgan fingerprint density at radius 3 is 2.58 bits per heavy atom. The summed E-state index contributed by atoms with van der Waals surface area (Å²) in [4.78, 5) is 11.6. The molecule has 4 heterocycles. The maximum atomic E-state index is 11.6. The van der Waals surface area contributed by atoms with Gasteiger partial charge < -0.3 is 33.6 Å². The van der Waals surface area contributed by atoms with Gasteiger partial charge in [-0.1, -0.05) is 37.3 Å². The molecule has 3 aliphatic heterocycles. The SMILES string of the molecule is CC[C@H]1O[C@@H]2O[C@@H]3[C@H](O)[C@@H](/C=C/C=C/C=C/c4oc(=O)cc(OC)c4C)O[C@@H]3[C@]2(C)[C@@]1(C)O. The molecule has 3 aliphatic rings. The maximum absolute atomic E-state index is 11.6. The fourth-order valence-corrected chi connectivity index (χ4v) is 5.09. The van der Waals surface area contributed by atoms with Gasteiger partial charge in [0.1, 0.15) is 41.5 Å². The number of allylic oxidation sites excluding steroid dienone is 4. The van der Waals surface area contributed by atoms with Crippen LogP contribution in [0.5, 0.6) is 5.75 Å². The van der Waals surface area contributed by atoms with Gasteiger partial charge in [0.2, 0.25) is 0 Å². The van der Waals surface area contributed by atoms with Crippen LogP contribution in [0.1, 0.15) is 38.5 Å². The van der Waals surface area contributed by atoms with Crippen LogP contribution in [0.4, 0.5) is 0 Å². The number of hydrogen-bond donors (Lipinski definition) is 2. The Morgan fingerprint density at radius 1 is 1.15 bits per heavy atom. The van der Waals surface area contributed by atoms with Crippen molar-refractivity contribution in [2.75, 3.05) is 7.11 Å². The van der Waals surface area contributed by atoms with E-state index in [-0.39, 0.29) is 6.10 Å². The van der Waals surface area contributed by atoms with Crippen LogP contribution < -0.4 is 10.4 Å². The summed E-state index contributed by atoms with van der Waals surface area (Å²) in [6.07, 6.45) is 7.69. The average molecular weight is 461 g/mol. The number of aliphatic hydroxyl groups excluding tert-OH is 1. The smallest absolute Gasteiger partial charge is 0.339 e. The Hall–Kier alpha value is -2.23. The van der Waals surface area contributed by atoms with Gasteiger partial charge in [-0.25, -0.2) is 4.79 Å². The molecule has 0 bridgehead atoms. The lowest BCUT2D eigenvalue weighted by Crippen LogP contribution is -2.54. The van der Waals surface area contributed by atoms with Crippen molar-refractivity contribution < 1.29 is 33.6 Å². The van der Waals surface area contributed by atoms with Gasteiger partial charge >= 0.3 is 5.63 Å². The van der Waals surface area contributed by atoms with Crippen molar-refractivity contribution in [2.24, 2.45) is 5.41 Å². The van der Waals surface area contributed by atoms with E-state index in [1.807, 2.05) is 20.8 Å². The number of rotatable bonds is 6. The molecular formula is C25H32O8. The normalized spacial score (nSPS) is 40.3. The molecule has 8 heteroatoms. The highest BCUT2D eigenvalue weighted by atomic mass is 16.7. The molecule has 0 spiro atoms. The lowest BCUT2D eigenvalue weighted by molar-refractivity contribution is -0.167. The summed E-state index contributed by atoms with van der Waals surface area (Å²) in [6.45, 7) is 7.43. The predicted octanol–water partition coefficient (Wildman–Crippen LogP) is 2.50. The molecule has 2 N–H and O–H groups in total. The number of hydrogen-bond acceptors (Lipinski definition) is 8. The van der Waals surface area contributed by atoms with Crippen LogP contribution in [0.15, 0.2) is 45.7 Å². The quantitative estimate of drug-likeness (QED) is 0.624. The fourth-order valence-electron chi connectivity index (χ4n) is 5.09. The van der Waals surface area contributed by atoms with Gasteiger partial charge in [-0.2, -0.15) is 0 Å². The molecule has 0 amide bonds. The summed E-state index contributed by atoms with van der Waals surface area (Å²) in [5.41, 5.74) is -1.66. The summed E-state index contributed by atoms with van der Waals surface area (Å²) >= 11 is 0. The van der Waals surface area contributed by atoms with Crippen molar-refractivity contribution >= 4 is 6.08 Å². The maximum Gasteiger partial charge on any atom is 0.339 e. The van der Waals surface area contributed by atoms with Gasteiger partial charge in [0.05, 0.1) is 24.7 Å². The summed E-state index contributed by atoms with van der Waals surface area (Å²) < 4.78 is 28.4. The standard InChI is InChI=1S/C25H32O8/c1-6-18-25(4,28)24(3)22-21(33-23(24)32-18)20(27)16(31-22)12-10-8-7-9-11-15-14(2)17(29-5)13-19(26)30-15/h7-13,16,18,20-23,27-28H,6H2,1-5H3/b8-7+,11-9+,12-10+/t16-,18-,20-,21-,22+,23-,24+,25+/m1/s1. The molecule has 0 unspecified atom stereocenters. The van der Waals surface area contributed by atoms with Crippen LogP contribution in [0.3, 0.4) is 0 Å². The molecule has 1 aromatic rings. The minimum Gasteiger partial charge on any atom is -0.496 e. The van der Waals surface area contributed by atoms with Crippen molar-refractivity contribution in [3.63, 3.8) is 0 Å². The zero-order valence-corrected chi connectivity index (χ0v) is 19.6. The third-order valence-electron chi connectivity index (χ3n) is 7.31. The van der Waals surface area contributed by atoms with E-state index in [2.05, 4.69) is 0 Å². The Labute approximate surface area is 193 Å². The number of ether oxygens (including phenoxy) is 4. The minimum atomic E-state index is -1.14. The molecule has 8 atom stereocenters. The van der Waals surface area contributed by atoms with Gasteiger partial charge in [0.25, 0.3) is 0 Å². The zero-order chi connectivity index (χ0) is 24.0. The lowest BCUT2D eigenvalue weighted by atomic mass is 9.69. The minimum absolute atomic E-state index is 0.351. The van der Waals surface area contributed by atoms with E-state index >= 15 is 0 Å². The third-order valence-corrected chi connectivity index (χ3v) is 7.31. The molecule has 0 aromatic carbocycles. The first-order valence-corrected chi connectivity index (χ1v) is 11.2. The van der Waals surface area contributed by atoms with E-state index in [4.69, 9.17) is 23.4 Å². The molecule has 33 heavy (non-hydrogen) atoms. The van der Waals surface area contributed by atoms with Gasteiger partial charge in [0.15, 0.2) is 6.29 Å². The molecule has 1 aromatic heterocycles. The van der Waals surface area contributed by atoms with Gasteiger partial charge in [-0.15, -0.1) is 0 Å². The summed E-state index contributed by atoms with van der Waals surface area (Å²) in [5, 5.41) is 22.0. The molecule has 8 nitrogen and oxygen atoms in total. The van der Waals surface area contributed by atoms with Crippen LogP contribution >= 0.6 is 0 Å². The molecular weight excluding hydrogens is 428 g/mol. The van der Waals surface area contributed by atoms with Crippen molar-refractivity contribution in [2.45, 2.75) is 76.5 Å². The average Bonchev–Trinajstić information content (AvgIpc) is 3.31. The Morgan fingerprint density at radius 2 is 1.88 bits per heavy atom. The highest BCUT2D eigenvalue weighted by Gasteiger charge is 2.73. The van der Waals surface area contributed by atoms with E-state index in [0.717, 1.165) is 5.56 Å². The molecule has 0 radical (unpaired) electrons. The summed E-state index contributed by atoms with van der Waals surface area (Å²) in [6, 6.07) is 1.30. The van der Waals surface area contributed by atoms with Gasteiger partial charge in [-0.05, 0) is 33.3 Å². The van der Waals surface area contributed by atoms with Crippen molar-refractivity contribution in [1.29, 1.82) is 0 Å². The van der Waals surface area contributed by atoms with Gasteiger partial charge in [0, 0.05) is 5.56 Å². The first kappa shape index (κ1) is 23.9. The highest BCUT2D eigenvalue weighted by Crippen LogP contribution is 2.58. The van der Waals surface area contributed by atoms with Crippen molar-refractivity contribution in [1.82, 2.24) is 0 Å².